The van der Waals surface area contributed by atoms with E-state index in [4.69, 9.17) is 10.5 Å². The van der Waals surface area contributed by atoms with Crippen LogP contribution in [0.2, 0.25) is 0 Å². The summed E-state index contributed by atoms with van der Waals surface area (Å²) in [7, 11) is 1.67. The zero-order valence-electron chi connectivity index (χ0n) is 14.3. The maximum Gasteiger partial charge on any atom is 0.416 e. The van der Waals surface area contributed by atoms with Gasteiger partial charge in [-0.3, -0.25) is 0 Å². The number of ether oxygens (including phenoxy) is 1. The van der Waals surface area contributed by atoms with Crippen molar-refractivity contribution in [1.29, 1.82) is 0 Å². The normalized spacial score (nSPS) is 12.3. The number of amides is 1. The Labute approximate surface area is 140 Å². The van der Waals surface area contributed by atoms with Gasteiger partial charge < -0.3 is 20.7 Å². The zero-order valence-corrected chi connectivity index (χ0v) is 14.3. The highest BCUT2D eigenvalue weighted by Crippen LogP contribution is 2.33. The van der Waals surface area contributed by atoms with Crippen LogP contribution in [0.25, 0.3) is 0 Å². The molecule has 0 bridgehead atoms. The van der Waals surface area contributed by atoms with E-state index in [1.165, 1.54) is 12.1 Å². The molecule has 24 heavy (non-hydrogen) atoms. The van der Waals surface area contributed by atoms with Gasteiger partial charge in [0.05, 0.1) is 5.56 Å². The summed E-state index contributed by atoms with van der Waals surface area (Å²) in [6.45, 7) is 5.98. The number of hydrogen-bond acceptors (Lipinski definition) is 4. The monoisotopic (exact) mass is 347 g/mol. The first kappa shape index (κ1) is 20.1. The largest absolute Gasteiger partial charge is 0.444 e. The fourth-order valence-electron chi connectivity index (χ4n) is 2.03. The van der Waals surface area contributed by atoms with E-state index in [-0.39, 0.29) is 24.3 Å². The SMILES string of the molecule is CN(CCNC(=O)OC(C)(C)C)Cc1ccc(N)cc1C(F)(F)F. The Balaban J connectivity index is 2.57. The van der Waals surface area contributed by atoms with Gasteiger partial charge in [-0.25, -0.2) is 4.79 Å². The van der Waals surface area contributed by atoms with Crippen LogP contribution in [0.3, 0.4) is 0 Å². The number of alkyl halides is 3. The van der Waals surface area contributed by atoms with E-state index in [1.54, 1.807) is 32.7 Å². The van der Waals surface area contributed by atoms with Crippen LogP contribution in [0, 0.1) is 0 Å². The van der Waals surface area contributed by atoms with Crippen LogP contribution in [0.1, 0.15) is 31.9 Å². The van der Waals surface area contributed by atoms with Crippen LogP contribution in [0.5, 0.6) is 0 Å². The third kappa shape index (κ3) is 7.08. The molecule has 1 aromatic rings. The minimum atomic E-state index is -4.46. The van der Waals surface area contributed by atoms with E-state index >= 15 is 0 Å². The molecule has 0 aliphatic heterocycles. The van der Waals surface area contributed by atoms with Gasteiger partial charge >= 0.3 is 12.3 Å². The third-order valence-corrected chi connectivity index (χ3v) is 3.04. The molecule has 1 rings (SSSR count). The van der Waals surface area contributed by atoms with Gasteiger partial charge in [0.15, 0.2) is 0 Å². The Morgan fingerprint density at radius 1 is 1.29 bits per heavy atom. The van der Waals surface area contributed by atoms with E-state index in [9.17, 15) is 18.0 Å². The Bertz CT molecular complexity index is 569. The molecule has 1 amide bonds. The molecule has 0 saturated carbocycles. The minimum Gasteiger partial charge on any atom is -0.444 e. The number of carbonyl (C=O) groups excluding carboxylic acids is 1. The van der Waals surface area contributed by atoms with Gasteiger partial charge in [-0.15, -0.1) is 0 Å². The maximum absolute atomic E-state index is 13.0. The van der Waals surface area contributed by atoms with Gasteiger partial charge in [0, 0.05) is 25.3 Å². The first-order valence-corrected chi connectivity index (χ1v) is 7.49. The van der Waals surface area contributed by atoms with Crippen molar-refractivity contribution in [2.24, 2.45) is 0 Å². The smallest absolute Gasteiger partial charge is 0.416 e. The molecular weight excluding hydrogens is 323 g/mol. The summed E-state index contributed by atoms with van der Waals surface area (Å²) in [4.78, 5) is 13.2. The second-order valence-electron chi connectivity index (χ2n) is 6.58. The zero-order chi connectivity index (χ0) is 18.5. The van der Waals surface area contributed by atoms with E-state index < -0.39 is 23.4 Å². The van der Waals surface area contributed by atoms with Crippen molar-refractivity contribution in [1.82, 2.24) is 10.2 Å². The number of carbonyl (C=O) groups is 1. The van der Waals surface area contributed by atoms with Gasteiger partial charge in [0.2, 0.25) is 0 Å². The lowest BCUT2D eigenvalue weighted by molar-refractivity contribution is -0.138. The van der Waals surface area contributed by atoms with E-state index in [0.29, 0.717) is 6.54 Å². The number of nitrogens with zero attached hydrogens (tertiary/aromatic N) is 1. The molecule has 0 unspecified atom stereocenters. The lowest BCUT2D eigenvalue weighted by Crippen LogP contribution is -2.37. The summed E-state index contributed by atoms with van der Waals surface area (Å²) in [6, 6.07) is 3.75. The first-order chi connectivity index (χ1) is 10.9. The van der Waals surface area contributed by atoms with Gasteiger partial charge in [-0.2, -0.15) is 13.2 Å². The quantitative estimate of drug-likeness (QED) is 0.803. The summed E-state index contributed by atoms with van der Waals surface area (Å²) in [5.74, 6) is 0. The molecule has 0 aliphatic carbocycles. The van der Waals surface area contributed by atoms with Crippen molar-refractivity contribution < 1.29 is 22.7 Å². The molecule has 0 fully saturated rings. The lowest BCUT2D eigenvalue weighted by atomic mass is 10.1. The Kier molecular flexibility index (Phi) is 6.48. The fourth-order valence-corrected chi connectivity index (χ4v) is 2.03. The molecule has 0 atom stereocenters. The number of likely N-dealkylation sites (N-methyl/N-ethyl adjacent to an activating group) is 1. The molecule has 136 valence electrons. The van der Waals surface area contributed by atoms with Crippen LogP contribution in [-0.2, 0) is 17.5 Å². The average Bonchev–Trinajstić information content (AvgIpc) is 2.37. The van der Waals surface area contributed by atoms with Crippen molar-refractivity contribution in [3.8, 4) is 0 Å². The summed E-state index contributed by atoms with van der Waals surface area (Å²) in [5.41, 5.74) is 4.31. The van der Waals surface area contributed by atoms with Crippen LogP contribution in [0.4, 0.5) is 23.7 Å². The molecule has 1 aromatic carbocycles. The number of hydrogen-bond donors (Lipinski definition) is 2. The van der Waals surface area contributed by atoms with Crippen LogP contribution in [0.15, 0.2) is 18.2 Å². The van der Waals surface area contributed by atoms with E-state index in [0.717, 1.165) is 6.07 Å². The number of anilines is 1. The van der Waals surface area contributed by atoms with Gasteiger partial charge in [-0.1, -0.05) is 6.07 Å². The molecule has 5 nitrogen and oxygen atoms in total. The molecule has 8 heteroatoms. The fraction of sp³-hybridized carbons (Fsp3) is 0.562. The summed E-state index contributed by atoms with van der Waals surface area (Å²) in [5, 5.41) is 2.56. The van der Waals surface area contributed by atoms with Crippen LogP contribution >= 0.6 is 0 Å². The summed E-state index contributed by atoms with van der Waals surface area (Å²) in [6.07, 6.45) is -5.01. The topological polar surface area (TPSA) is 67.6 Å². The highest BCUT2D eigenvalue weighted by atomic mass is 19.4. The molecule has 3 N–H and O–H groups in total. The number of halogens is 3. The third-order valence-electron chi connectivity index (χ3n) is 3.04. The van der Waals surface area contributed by atoms with E-state index in [2.05, 4.69) is 5.32 Å². The number of alkyl carbamates (subject to hydrolysis) is 1. The highest BCUT2D eigenvalue weighted by Gasteiger charge is 2.33. The molecular formula is C16H24F3N3O2. The standard InChI is InChI=1S/C16H24F3N3O2/c1-15(2,3)24-14(23)21-7-8-22(4)10-11-5-6-12(20)9-13(11)16(17,18)19/h5-6,9H,7-8,10,20H2,1-4H3,(H,21,23). The highest BCUT2D eigenvalue weighted by molar-refractivity contribution is 5.67. The second kappa shape index (κ2) is 7.74. The van der Waals surface area contributed by atoms with Crippen LogP contribution < -0.4 is 11.1 Å². The lowest BCUT2D eigenvalue weighted by Gasteiger charge is -2.22. The number of nitrogens with one attached hydrogen (secondary N) is 1. The Hall–Kier alpha value is -1.96. The van der Waals surface area contributed by atoms with Gasteiger partial charge in [0.1, 0.15) is 5.60 Å². The van der Waals surface area contributed by atoms with Gasteiger partial charge in [0.25, 0.3) is 0 Å². The van der Waals surface area contributed by atoms with Crippen molar-refractivity contribution in [2.45, 2.75) is 39.1 Å². The molecule has 0 heterocycles. The molecule has 0 spiro atoms. The van der Waals surface area contributed by atoms with Crippen molar-refractivity contribution in [3.05, 3.63) is 29.3 Å². The van der Waals surface area contributed by atoms with Crippen molar-refractivity contribution in [3.63, 3.8) is 0 Å². The second-order valence-corrected chi connectivity index (χ2v) is 6.58. The molecule has 0 radical (unpaired) electrons. The number of nitrogen functional groups attached to an aromatic ring is 1. The van der Waals surface area contributed by atoms with Crippen molar-refractivity contribution in [2.75, 3.05) is 25.9 Å². The van der Waals surface area contributed by atoms with E-state index in [1.807, 2.05) is 0 Å². The van der Waals surface area contributed by atoms with Crippen LogP contribution in [-0.4, -0.2) is 36.7 Å². The maximum atomic E-state index is 13.0. The Morgan fingerprint density at radius 3 is 2.46 bits per heavy atom. The minimum absolute atomic E-state index is 0.0697. The Morgan fingerprint density at radius 2 is 1.92 bits per heavy atom. The first-order valence-electron chi connectivity index (χ1n) is 7.49. The number of benzene rings is 1. The molecule has 0 aromatic heterocycles. The van der Waals surface area contributed by atoms with Crippen molar-refractivity contribution >= 4 is 11.8 Å². The molecule has 0 aliphatic rings. The number of nitrogens with two attached hydrogens (primary N) is 1. The predicted octanol–water partition coefficient (Wildman–Crippen LogP) is 3.24. The number of rotatable bonds is 5. The summed E-state index contributed by atoms with van der Waals surface area (Å²) < 4.78 is 44.2. The summed E-state index contributed by atoms with van der Waals surface area (Å²) >= 11 is 0. The molecule has 0 saturated heterocycles. The van der Waals surface area contributed by atoms with Gasteiger partial charge in [-0.05, 0) is 45.5 Å². The predicted molar refractivity (Wildman–Crippen MR) is 86.4 cm³/mol. The average molecular weight is 347 g/mol.